The molecule has 25 heavy (non-hydrogen) atoms. The largest absolute Gasteiger partial charge is 0.250 e. The number of nitrogens with zero attached hydrogens (tertiary/aromatic N) is 4. The van der Waals surface area contributed by atoms with Gasteiger partial charge in [-0.05, 0) is 43.4 Å². The number of aryl methyl sites for hydroxylation is 1. The van der Waals surface area contributed by atoms with Crippen molar-refractivity contribution in [2.24, 2.45) is 0 Å². The Bertz CT molecular complexity index is 1090. The van der Waals surface area contributed by atoms with E-state index >= 15 is 0 Å². The van der Waals surface area contributed by atoms with E-state index in [4.69, 9.17) is 17.2 Å². The van der Waals surface area contributed by atoms with Crippen LogP contribution in [0.4, 0.5) is 0 Å². The third-order valence-electron chi connectivity index (χ3n) is 3.71. The van der Waals surface area contributed by atoms with E-state index in [9.17, 15) is 0 Å². The van der Waals surface area contributed by atoms with Gasteiger partial charge in [0, 0.05) is 5.75 Å². The van der Waals surface area contributed by atoms with Crippen molar-refractivity contribution < 1.29 is 0 Å². The van der Waals surface area contributed by atoms with Gasteiger partial charge < -0.3 is 0 Å². The Morgan fingerprint density at radius 3 is 2.44 bits per heavy atom. The molecule has 124 valence electrons. The highest BCUT2D eigenvalue weighted by atomic mass is 32.2. The second kappa shape index (κ2) is 7.03. The molecule has 2 heterocycles. The van der Waals surface area contributed by atoms with Crippen molar-refractivity contribution in [1.29, 1.82) is 0 Å². The lowest BCUT2D eigenvalue weighted by Crippen LogP contribution is -1.98. The summed E-state index contributed by atoms with van der Waals surface area (Å²) in [7, 11) is 0. The van der Waals surface area contributed by atoms with Crippen LogP contribution in [0.2, 0.25) is 0 Å². The van der Waals surface area contributed by atoms with Gasteiger partial charge >= 0.3 is 0 Å². The van der Waals surface area contributed by atoms with E-state index in [1.807, 2.05) is 61.5 Å². The van der Waals surface area contributed by atoms with Crippen molar-refractivity contribution in [3.05, 3.63) is 69.9 Å². The van der Waals surface area contributed by atoms with E-state index in [1.165, 1.54) is 11.3 Å². The lowest BCUT2D eigenvalue weighted by Gasteiger charge is -2.05. The summed E-state index contributed by atoms with van der Waals surface area (Å²) in [6, 6.07) is 17.9. The zero-order valence-electron chi connectivity index (χ0n) is 13.4. The van der Waals surface area contributed by atoms with E-state index in [1.54, 1.807) is 16.4 Å². The molecule has 4 rings (SSSR count). The van der Waals surface area contributed by atoms with Gasteiger partial charge in [0.25, 0.3) is 0 Å². The number of fused-ring (bicyclic) bond motifs is 1. The SMILES string of the molecule is Cc1nc2ccccc2nc1CSc1nn(-c2ccccc2)c(=S)s1. The Morgan fingerprint density at radius 1 is 1.00 bits per heavy atom. The summed E-state index contributed by atoms with van der Waals surface area (Å²) in [5, 5.41) is 4.63. The molecule has 0 fully saturated rings. The first-order chi connectivity index (χ1) is 12.2. The number of benzene rings is 2. The van der Waals surface area contributed by atoms with Gasteiger partial charge in [-0.2, -0.15) is 0 Å². The van der Waals surface area contributed by atoms with Crippen molar-refractivity contribution in [2.75, 3.05) is 0 Å². The molecule has 0 aliphatic rings. The molecule has 7 heteroatoms. The van der Waals surface area contributed by atoms with E-state index in [0.717, 1.165) is 42.2 Å². The minimum absolute atomic E-state index is 0.723. The van der Waals surface area contributed by atoms with Crippen molar-refractivity contribution in [1.82, 2.24) is 19.7 Å². The Kier molecular flexibility index (Phi) is 4.61. The quantitative estimate of drug-likeness (QED) is 0.358. The van der Waals surface area contributed by atoms with Crippen LogP contribution in [0.15, 0.2) is 58.9 Å². The first kappa shape index (κ1) is 16.4. The average Bonchev–Trinajstić information content (AvgIpc) is 3.01. The molecule has 0 atom stereocenters. The topological polar surface area (TPSA) is 43.6 Å². The maximum atomic E-state index is 5.45. The van der Waals surface area contributed by atoms with E-state index in [-0.39, 0.29) is 0 Å². The van der Waals surface area contributed by atoms with Crippen LogP contribution in [0, 0.1) is 10.9 Å². The van der Waals surface area contributed by atoms with Crippen LogP contribution in [0.1, 0.15) is 11.4 Å². The third-order valence-corrected chi connectivity index (χ3v) is 6.08. The summed E-state index contributed by atoms with van der Waals surface area (Å²) in [5.41, 5.74) is 4.77. The van der Waals surface area contributed by atoms with Gasteiger partial charge in [-0.25, -0.2) is 14.6 Å². The number of rotatable bonds is 4. The lowest BCUT2D eigenvalue weighted by atomic mass is 10.2. The van der Waals surface area contributed by atoms with Crippen LogP contribution >= 0.6 is 35.3 Å². The number of thioether (sulfide) groups is 1. The summed E-state index contributed by atoms with van der Waals surface area (Å²) in [4.78, 5) is 9.38. The zero-order valence-corrected chi connectivity index (χ0v) is 15.9. The van der Waals surface area contributed by atoms with Crippen molar-refractivity contribution in [3.63, 3.8) is 0 Å². The molecule has 0 unspecified atom stereocenters. The summed E-state index contributed by atoms with van der Waals surface area (Å²) < 4.78 is 3.49. The molecule has 0 aliphatic heterocycles. The zero-order chi connectivity index (χ0) is 17.2. The number of aromatic nitrogens is 4. The van der Waals surface area contributed by atoms with Gasteiger partial charge in [-0.15, -0.1) is 5.10 Å². The van der Waals surface area contributed by atoms with Crippen molar-refractivity contribution in [3.8, 4) is 5.69 Å². The lowest BCUT2D eigenvalue weighted by molar-refractivity contribution is 0.829. The molecule has 0 bridgehead atoms. The first-order valence-corrected chi connectivity index (χ1v) is 9.92. The maximum absolute atomic E-state index is 5.45. The number of hydrogen-bond donors (Lipinski definition) is 0. The summed E-state index contributed by atoms with van der Waals surface area (Å²) in [6.45, 7) is 2.00. The molecule has 0 N–H and O–H groups in total. The van der Waals surface area contributed by atoms with Crippen molar-refractivity contribution >= 4 is 46.3 Å². The highest BCUT2D eigenvalue weighted by Gasteiger charge is 2.10. The molecular formula is C18H14N4S3. The van der Waals surface area contributed by atoms with Crippen molar-refractivity contribution in [2.45, 2.75) is 17.0 Å². The summed E-state index contributed by atoms with van der Waals surface area (Å²) in [5.74, 6) is 0.723. The van der Waals surface area contributed by atoms with Gasteiger partial charge in [0.15, 0.2) is 8.29 Å². The highest BCUT2D eigenvalue weighted by Crippen LogP contribution is 2.27. The standard InChI is InChI=1S/C18H14N4S3/c1-12-16(20-15-10-6-5-9-14(15)19-12)11-24-17-21-22(18(23)25-17)13-7-3-2-4-8-13/h2-10H,11H2,1H3. The van der Waals surface area contributed by atoms with Gasteiger partial charge in [0.05, 0.1) is 28.1 Å². The van der Waals surface area contributed by atoms with Gasteiger partial charge in [0.1, 0.15) is 0 Å². The smallest absolute Gasteiger partial charge is 0.184 e. The Balaban J connectivity index is 1.58. The molecule has 4 aromatic rings. The number of hydrogen-bond acceptors (Lipinski definition) is 6. The minimum atomic E-state index is 0.723. The molecule has 2 aromatic carbocycles. The second-order valence-electron chi connectivity index (χ2n) is 5.41. The fourth-order valence-electron chi connectivity index (χ4n) is 2.44. The predicted molar refractivity (Wildman–Crippen MR) is 106 cm³/mol. The Morgan fingerprint density at radius 2 is 1.68 bits per heavy atom. The molecule has 0 saturated carbocycles. The molecule has 0 radical (unpaired) electrons. The summed E-state index contributed by atoms with van der Waals surface area (Å²) in [6.07, 6.45) is 0. The Hall–Kier alpha value is -2.09. The molecule has 0 spiro atoms. The van der Waals surface area contributed by atoms with Gasteiger partial charge in [-0.3, -0.25) is 0 Å². The molecule has 4 nitrogen and oxygen atoms in total. The van der Waals surface area contributed by atoms with Crippen LogP contribution in [-0.2, 0) is 5.75 Å². The maximum Gasteiger partial charge on any atom is 0.184 e. The molecule has 0 saturated heterocycles. The summed E-state index contributed by atoms with van der Waals surface area (Å²) >= 11 is 8.62. The van der Waals surface area contributed by atoms with Crippen LogP contribution in [0.3, 0.4) is 0 Å². The van der Waals surface area contributed by atoms with Crippen LogP contribution in [0.5, 0.6) is 0 Å². The predicted octanol–water partition coefficient (Wildman–Crippen LogP) is 5.21. The second-order valence-corrected chi connectivity index (χ2v) is 8.26. The fourth-order valence-corrected chi connectivity index (χ4v) is 4.81. The Labute approximate surface area is 158 Å². The molecule has 0 aliphatic carbocycles. The normalized spacial score (nSPS) is 11.1. The number of para-hydroxylation sites is 3. The van der Waals surface area contributed by atoms with Gasteiger partial charge in [0.2, 0.25) is 0 Å². The van der Waals surface area contributed by atoms with E-state index < -0.39 is 0 Å². The molecule has 0 amide bonds. The third kappa shape index (κ3) is 3.49. The monoisotopic (exact) mass is 382 g/mol. The minimum Gasteiger partial charge on any atom is -0.250 e. The van der Waals surface area contributed by atoms with Crippen LogP contribution < -0.4 is 0 Å². The first-order valence-electron chi connectivity index (χ1n) is 7.71. The average molecular weight is 383 g/mol. The molecule has 2 aromatic heterocycles. The molecular weight excluding hydrogens is 368 g/mol. The van der Waals surface area contributed by atoms with Crippen LogP contribution in [0.25, 0.3) is 16.7 Å². The van der Waals surface area contributed by atoms with E-state index in [2.05, 4.69) is 10.1 Å². The fraction of sp³-hybridized carbons (Fsp3) is 0.111. The highest BCUT2D eigenvalue weighted by molar-refractivity contribution is 8.00. The van der Waals surface area contributed by atoms with E-state index in [0.29, 0.717) is 0 Å². The van der Waals surface area contributed by atoms with Crippen LogP contribution in [-0.4, -0.2) is 19.7 Å². The van der Waals surface area contributed by atoms with Gasteiger partial charge in [-0.1, -0.05) is 53.4 Å².